The quantitative estimate of drug-likeness (QED) is 0.449. The Balaban J connectivity index is 1.70. The van der Waals surface area contributed by atoms with E-state index in [0.29, 0.717) is 0 Å². The first kappa shape index (κ1) is 19.0. The van der Waals surface area contributed by atoms with Crippen molar-refractivity contribution in [3.8, 4) is 0 Å². The Morgan fingerprint density at radius 2 is 1.04 bits per heavy atom. The molecule has 0 fully saturated rings. The highest BCUT2D eigenvalue weighted by atomic mass is 28.3. The van der Waals surface area contributed by atoms with Gasteiger partial charge >= 0.3 is 0 Å². The van der Waals surface area contributed by atoms with Crippen molar-refractivity contribution in [2.45, 2.75) is 88.4 Å². The fraction of sp³-hybridized carbons (Fsp3) is 0.538. The lowest BCUT2D eigenvalue weighted by Crippen LogP contribution is -2.41. The maximum Gasteiger partial charge on any atom is 0.0628 e. The van der Waals surface area contributed by atoms with Crippen LogP contribution in [-0.4, -0.2) is 8.07 Å². The molecule has 2 aromatic rings. The van der Waals surface area contributed by atoms with Gasteiger partial charge in [0.15, 0.2) is 0 Å². The molecule has 0 aliphatic heterocycles. The Kier molecular flexibility index (Phi) is 5.33. The first-order valence-corrected chi connectivity index (χ1v) is 14.4. The molecule has 0 radical (unpaired) electrons. The summed E-state index contributed by atoms with van der Waals surface area (Å²) in [5, 5.41) is 0. The van der Waals surface area contributed by atoms with Crippen molar-refractivity contribution >= 4 is 8.07 Å². The second-order valence-corrected chi connectivity index (χ2v) is 14.7. The fourth-order valence-corrected chi connectivity index (χ4v) is 10.8. The summed E-state index contributed by atoms with van der Waals surface area (Å²) in [6.45, 7) is 10.1. The summed E-state index contributed by atoms with van der Waals surface area (Å²) in [6, 6.07) is 18.9. The molecule has 4 rings (SSSR count). The van der Waals surface area contributed by atoms with Gasteiger partial charge in [-0.25, -0.2) is 0 Å². The van der Waals surface area contributed by atoms with Gasteiger partial charge in [-0.05, 0) is 70.9 Å². The fourth-order valence-electron chi connectivity index (χ4n) is 6.37. The van der Waals surface area contributed by atoms with E-state index in [-0.39, 0.29) is 0 Å². The lowest BCUT2D eigenvalue weighted by Gasteiger charge is -2.37. The molecule has 0 heterocycles. The SMILES string of the molecule is CCCC1CC([Si](C)(C)C2CC(CCC)c3ccccc32)c2ccccc21. The second-order valence-electron chi connectivity index (χ2n) is 9.63. The van der Waals surface area contributed by atoms with Gasteiger partial charge in [0, 0.05) is 0 Å². The topological polar surface area (TPSA) is 0 Å². The van der Waals surface area contributed by atoms with Gasteiger partial charge in [0.05, 0.1) is 8.07 Å². The summed E-state index contributed by atoms with van der Waals surface area (Å²) < 4.78 is 0. The lowest BCUT2D eigenvalue weighted by molar-refractivity contribution is 0.576. The Hall–Kier alpha value is -1.34. The van der Waals surface area contributed by atoms with E-state index in [4.69, 9.17) is 0 Å². The van der Waals surface area contributed by atoms with Crippen molar-refractivity contribution in [1.82, 2.24) is 0 Å². The molecule has 0 saturated heterocycles. The van der Waals surface area contributed by atoms with Gasteiger partial charge in [-0.15, -0.1) is 0 Å². The van der Waals surface area contributed by atoms with Crippen molar-refractivity contribution in [1.29, 1.82) is 0 Å². The molecule has 27 heavy (non-hydrogen) atoms. The molecule has 0 amide bonds. The highest BCUT2D eigenvalue weighted by molar-refractivity contribution is 6.80. The van der Waals surface area contributed by atoms with Crippen LogP contribution in [0.15, 0.2) is 48.5 Å². The summed E-state index contributed by atoms with van der Waals surface area (Å²) in [4.78, 5) is 0. The maximum atomic E-state index is 2.71. The Morgan fingerprint density at radius 3 is 1.41 bits per heavy atom. The number of rotatable bonds is 6. The summed E-state index contributed by atoms with van der Waals surface area (Å²) >= 11 is 0. The van der Waals surface area contributed by atoms with E-state index in [2.05, 4.69) is 75.5 Å². The number of hydrogen-bond acceptors (Lipinski definition) is 0. The van der Waals surface area contributed by atoms with Crippen LogP contribution in [0.2, 0.25) is 13.1 Å². The molecule has 2 aliphatic carbocycles. The third-order valence-corrected chi connectivity index (χ3v) is 12.4. The molecule has 2 aliphatic rings. The van der Waals surface area contributed by atoms with Crippen molar-refractivity contribution < 1.29 is 0 Å². The van der Waals surface area contributed by atoms with Gasteiger partial charge in [-0.3, -0.25) is 0 Å². The van der Waals surface area contributed by atoms with Crippen LogP contribution in [0.5, 0.6) is 0 Å². The maximum absolute atomic E-state index is 2.71. The van der Waals surface area contributed by atoms with Gasteiger partial charge in [-0.2, -0.15) is 0 Å². The highest BCUT2D eigenvalue weighted by Gasteiger charge is 2.48. The van der Waals surface area contributed by atoms with E-state index in [0.717, 1.165) is 22.9 Å². The average molecular weight is 377 g/mol. The molecule has 2 aromatic carbocycles. The van der Waals surface area contributed by atoms with Crippen LogP contribution in [0.25, 0.3) is 0 Å². The van der Waals surface area contributed by atoms with Crippen LogP contribution in [-0.2, 0) is 0 Å². The summed E-state index contributed by atoms with van der Waals surface area (Å²) in [7, 11) is -1.48. The van der Waals surface area contributed by atoms with Crippen LogP contribution in [0.3, 0.4) is 0 Å². The Labute approximate surface area is 167 Å². The van der Waals surface area contributed by atoms with Crippen molar-refractivity contribution in [2.75, 3.05) is 0 Å². The molecule has 4 atom stereocenters. The molecular weight excluding hydrogens is 340 g/mol. The highest BCUT2D eigenvalue weighted by Crippen LogP contribution is 2.56. The molecule has 0 bridgehead atoms. The van der Waals surface area contributed by atoms with E-state index in [1.165, 1.54) is 38.5 Å². The molecular formula is C26H36Si. The summed E-state index contributed by atoms with van der Waals surface area (Å²) in [5.41, 5.74) is 8.43. The van der Waals surface area contributed by atoms with Crippen LogP contribution in [0.1, 0.15) is 97.5 Å². The third kappa shape index (κ3) is 3.22. The first-order valence-electron chi connectivity index (χ1n) is 11.3. The molecule has 0 aromatic heterocycles. The third-order valence-electron chi connectivity index (χ3n) is 7.73. The molecule has 4 unspecified atom stereocenters. The minimum Gasteiger partial charge on any atom is -0.0684 e. The second kappa shape index (κ2) is 7.58. The molecule has 0 saturated carbocycles. The van der Waals surface area contributed by atoms with Crippen LogP contribution in [0, 0.1) is 0 Å². The predicted molar refractivity (Wildman–Crippen MR) is 120 cm³/mol. The zero-order chi connectivity index (χ0) is 19.0. The first-order chi connectivity index (χ1) is 13.1. The van der Waals surface area contributed by atoms with E-state index < -0.39 is 8.07 Å². The van der Waals surface area contributed by atoms with E-state index in [1.807, 2.05) is 0 Å². The van der Waals surface area contributed by atoms with Gasteiger partial charge in [0.1, 0.15) is 0 Å². The van der Waals surface area contributed by atoms with E-state index >= 15 is 0 Å². The standard InChI is InChI=1S/C26H36Si/c1-5-11-19-17-25(23-15-9-7-13-21(19)23)27(3,4)26-18-20(12-6-2)22-14-8-10-16-24(22)26/h7-10,13-16,19-20,25-26H,5-6,11-12,17-18H2,1-4H3. The molecule has 1 heteroatoms. The number of hydrogen-bond donors (Lipinski definition) is 0. The van der Waals surface area contributed by atoms with Gasteiger partial charge in [0.2, 0.25) is 0 Å². The minimum absolute atomic E-state index is 0.797. The Bertz CT molecular complexity index is 725. The largest absolute Gasteiger partial charge is 0.0684 e. The Morgan fingerprint density at radius 1 is 0.667 bits per heavy atom. The zero-order valence-electron chi connectivity index (χ0n) is 17.7. The molecule has 144 valence electrons. The van der Waals surface area contributed by atoms with E-state index in [9.17, 15) is 0 Å². The zero-order valence-corrected chi connectivity index (χ0v) is 18.7. The van der Waals surface area contributed by atoms with Crippen molar-refractivity contribution in [3.05, 3.63) is 70.8 Å². The van der Waals surface area contributed by atoms with Crippen molar-refractivity contribution in [2.24, 2.45) is 0 Å². The molecule has 0 nitrogen and oxygen atoms in total. The summed E-state index contributed by atoms with van der Waals surface area (Å²) in [6.07, 6.45) is 8.14. The molecule has 0 spiro atoms. The predicted octanol–water partition coefficient (Wildman–Crippen LogP) is 7.92. The summed E-state index contributed by atoms with van der Waals surface area (Å²) in [5.74, 6) is 1.59. The molecule has 0 N–H and O–H groups in total. The van der Waals surface area contributed by atoms with Gasteiger partial charge in [-0.1, -0.05) is 88.3 Å². The number of fused-ring (bicyclic) bond motifs is 2. The lowest BCUT2D eigenvalue weighted by atomic mass is 9.97. The van der Waals surface area contributed by atoms with Crippen LogP contribution < -0.4 is 0 Å². The minimum atomic E-state index is -1.48. The normalized spacial score (nSPS) is 26.8. The van der Waals surface area contributed by atoms with Crippen LogP contribution in [0.4, 0.5) is 0 Å². The van der Waals surface area contributed by atoms with Gasteiger partial charge < -0.3 is 0 Å². The average Bonchev–Trinajstić information content (AvgIpc) is 3.23. The van der Waals surface area contributed by atoms with E-state index in [1.54, 1.807) is 22.3 Å². The number of benzene rings is 2. The van der Waals surface area contributed by atoms with Gasteiger partial charge in [0.25, 0.3) is 0 Å². The smallest absolute Gasteiger partial charge is 0.0628 e. The van der Waals surface area contributed by atoms with Crippen molar-refractivity contribution in [3.63, 3.8) is 0 Å². The van der Waals surface area contributed by atoms with Crippen LogP contribution >= 0.6 is 0 Å². The monoisotopic (exact) mass is 376 g/mol.